The van der Waals surface area contributed by atoms with Gasteiger partial charge in [-0.05, 0) is 13.3 Å². The first-order valence-corrected chi connectivity index (χ1v) is 6.31. The van der Waals surface area contributed by atoms with E-state index in [4.69, 9.17) is 14.2 Å². The van der Waals surface area contributed by atoms with Crippen LogP contribution in [0.2, 0.25) is 0 Å². The van der Waals surface area contributed by atoms with Gasteiger partial charge >= 0.3 is 0 Å². The maximum atomic E-state index is 11.2. The highest BCUT2D eigenvalue weighted by molar-refractivity contribution is 5.75. The Labute approximate surface area is 104 Å². The Hall–Kier alpha value is -0.650. The lowest BCUT2D eigenvalue weighted by Crippen LogP contribution is -2.25. The van der Waals surface area contributed by atoms with Crippen molar-refractivity contribution in [1.29, 1.82) is 0 Å². The Morgan fingerprint density at radius 2 is 1.53 bits per heavy atom. The molecular weight excluding hydrogens is 222 g/mol. The van der Waals surface area contributed by atoms with E-state index >= 15 is 0 Å². The summed E-state index contributed by atoms with van der Waals surface area (Å²) in [5.41, 5.74) is 0. The maximum absolute atomic E-state index is 11.2. The van der Waals surface area contributed by atoms with Crippen molar-refractivity contribution in [2.45, 2.75) is 26.7 Å². The van der Waals surface area contributed by atoms with Gasteiger partial charge in [-0.15, -0.1) is 0 Å². The second kappa shape index (κ2) is 13.4. The third-order valence-electron chi connectivity index (χ3n) is 1.99. The van der Waals surface area contributed by atoms with E-state index in [9.17, 15) is 4.79 Å². The minimum atomic E-state index is 0.0455. The summed E-state index contributed by atoms with van der Waals surface area (Å²) in [6, 6.07) is 0. The molecule has 5 heteroatoms. The number of nitrogens with one attached hydrogen (secondary N) is 1. The molecule has 1 amide bonds. The number of carbonyl (C=O) groups is 1. The average Bonchev–Trinajstić information content (AvgIpc) is 2.34. The predicted octanol–water partition coefficient (Wildman–Crippen LogP) is 0.972. The molecule has 0 aliphatic heterocycles. The second-order valence-corrected chi connectivity index (χ2v) is 3.52. The van der Waals surface area contributed by atoms with Crippen molar-refractivity contribution in [3.63, 3.8) is 0 Å². The van der Waals surface area contributed by atoms with E-state index in [1.165, 1.54) is 0 Å². The van der Waals surface area contributed by atoms with Gasteiger partial charge in [0.2, 0.25) is 5.91 Å². The Kier molecular flexibility index (Phi) is 12.9. The summed E-state index contributed by atoms with van der Waals surface area (Å²) in [6.45, 7) is 8.15. The van der Waals surface area contributed by atoms with Crippen molar-refractivity contribution in [3.05, 3.63) is 0 Å². The lowest BCUT2D eigenvalue weighted by Gasteiger charge is -2.06. The molecule has 0 fully saturated rings. The lowest BCUT2D eigenvalue weighted by atomic mass is 10.4. The third kappa shape index (κ3) is 13.3. The van der Waals surface area contributed by atoms with Crippen molar-refractivity contribution in [1.82, 2.24) is 5.32 Å². The van der Waals surface area contributed by atoms with E-state index in [1.54, 1.807) is 0 Å². The SMILES string of the molecule is CCCNC(=O)CCOCCOCCOCC. The Morgan fingerprint density at radius 1 is 0.941 bits per heavy atom. The topological polar surface area (TPSA) is 56.8 Å². The maximum Gasteiger partial charge on any atom is 0.222 e. The third-order valence-corrected chi connectivity index (χ3v) is 1.99. The summed E-state index contributed by atoms with van der Waals surface area (Å²) < 4.78 is 15.6. The van der Waals surface area contributed by atoms with Crippen LogP contribution in [-0.4, -0.2) is 52.1 Å². The molecule has 17 heavy (non-hydrogen) atoms. The first-order valence-electron chi connectivity index (χ1n) is 6.31. The van der Waals surface area contributed by atoms with Crippen LogP contribution in [0, 0.1) is 0 Å². The molecule has 0 aromatic heterocycles. The number of hydrogen-bond donors (Lipinski definition) is 1. The molecule has 0 aromatic rings. The highest BCUT2D eigenvalue weighted by Crippen LogP contribution is 1.85. The summed E-state index contributed by atoms with van der Waals surface area (Å²) >= 11 is 0. The van der Waals surface area contributed by atoms with Gasteiger partial charge in [0.05, 0.1) is 33.0 Å². The highest BCUT2D eigenvalue weighted by atomic mass is 16.5. The standard InChI is InChI=1S/C12H25NO4/c1-3-6-13-12(14)5-7-16-10-11-17-9-8-15-4-2/h3-11H2,1-2H3,(H,13,14). The van der Waals surface area contributed by atoms with Gasteiger partial charge in [0.15, 0.2) is 0 Å². The summed E-state index contributed by atoms with van der Waals surface area (Å²) in [5.74, 6) is 0.0455. The molecule has 0 bridgehead atoms. The van der Waals surface area contributed by atoms with Crippen LogP contribution in [0.1, 0.15) is 26.7 Å². The van der Waals surface area contributed by atoms with Gasteiger partial charge in [-0.2, -0.15) is 0 Å². The molecule has 0 radical (unpaired) electrons. The molecule has 0 heterocycles. The molecule has 0 atom stereocenters. The van der Waals surface area contributed by atoms with Crippen LogP contribution < -0.4 is 5.32 Å². The van der Waals surface area contributed by atoms with Crippen LogP contribution >= 0.6 is 0 Å². The molecule has 0 saturated carbocycles. The van der Waals surface area contributed by atoms with Crippen molar-refractivity contribution < 1.29 is 19.0 Å². The monoisotopic (exact) mass is 247 g/mol. The molecule has 0 spiro atoms. The molecule has 0 unspecified atom stereocenters. The summed E-state index contributed by atoms with van der Waals surface area (Å²) in [4.78, 5) is 11.2. The number of rotatable bonds is 12. The van der Waals surface area contributed by atoms with E-state index in [-0.39, 0.29) is 5.91 Å². The Morgan fingerprint density at radius 3 is 2.12 bits per heavy atom. The predicted molar refractivity (Wildman–Crippen MR) is 66.0 cm³/mol. The first kappa shape index (κ1) is 16.4. The van der Waals surface area contributed by atoms with E-state index < -0.39 is 0 Å². The zero-order valence-electron chi connectivity index (χ0n) is 11.0. The minimum absolute atomic E-state index is 0.0455. The fourth-order valence-corrected chi connectivity index (χ4v) is 1.10. The summed E-state index contributed by atoms with van der Waals surface area (Å²) in [5, 5.41) is 2.79. The molecular formula is C12H25NO4. The Balaban J connectivity index is 3.05. The summed E-state index contributed by atoms with van der Waals surface area (Å²) in [6.07, 6.45) is 1.37. The van der Waals surface area contributed by atoms with Gasteiger partial charge in [0.25, 0.3) is 0 Å². The van der Waals surface area contributed by atoms with Gasteiger partial charge in [-0.25, -0.2) is 0 Å². The van der Waals surface area contributed by atoms with Gasteiger partial charge in [0, 0.05) is 19.6 Å². The smallest absolute Gasteiger partial charge is 0.222 e. The van der Waals surface area contributed by atoms with Crippen molar-refractivity contribution in [2.24, 2.45) is 0 Å². The molecule has 102 valence electrons. The minimum Gasteiger partial charge on any atom is -0.379 e. The fourth-order valence-electron chi connectivity index (χ4n) is 1.10. The molecule has 0 aromatic carbocycles. The van der Waals surface area contributed by atoms with Crippen LogP contribution in [0.5, 0.6) is 0 Å². The van der Waals surface area contributed by atoms with E-state index in [1.807, 2.05) is 13.8 Å². The molecule has 1 N–H and O–H groups in total. The Bertz CT molecular complexity index is 176. The lowest BCUT2D eigenvalue weighted by molar-refractivity contribution is -0.122. The first-order chi connectivity index (χ1) is 8.31. The van der Waals surface area contributed by atoms with Crippen molar-refractivity contribution in [2.75, 3.05) is 46.2 Å². The quantitative estimate of drug-likeness (QED) is 0.522. The van der Waals surface area contributed by atoms with Crippen LogP contribution in [0.3, 0.4) is 0 Å². The second-order valence-electron chi connectivity index (χ2n) is 3.52. The van der Waals surface area contributed by atoms with Crippen LogP contribution in [0.15, 0.2) is 0 Å². The largest absolute Gasteiger partial charge is 0.379 e. The highest BCUT2D eigenvalue weighted by Gasteiger charge is 1.99. The fraction of sp³-hybridized carbons (Fsp3) is 0.917. The summed E-state index contributed by atoms with van der Waals surface area (Å²) in [7, 11) is 0. The average molecular weight is 247 g/mol. The van der Waals surface area contributed by atoms with Gasteiger partial charge < -0.3 is 19.5 Å². The van der Waals surface area contributed by atoms with Crippen LogP contribution in [0.4, 0.5) is 0 Å². The van der Waals surface area contributed by atoms with Crippen molar-refractivity contribution >= 4 is 5.91 Å². The molecule has 0 aliphatic carbocycles. The van der Waals surface area contributed by atoms with Gasteiger partial charge in [-0.1, -0.05) is 6.92 Å². The zero-order valence-corrected chi connectivity index (χ0v) is 11.0. The number of carbonyl (C=O) groups excluding carboxylic acids is 1. The number of amides is 1. The van der Waals surface area contributed by atoms with Gasteiger partial charge in [0.1, 0.15) is 0 Å². The molecule has 0 saturated heterocycles. The van der Waals surface area contributed by atoms with Crippen LogP contribution in [0.25, 0.3) is 0 Å². The molecule has 0 rings (SSSR count). The van der Waals surface area contributed by atoms with Crippen LogP contribution in [-0.2, 0) is 19.0 Å². The molecule has 0 aliphatic rings. The van der Waals surface area contributed by atoms with Crippen molar-refractivity contribution in [3.8, 4) is 0 Å². The zero-order chi connectivity index (χ0) is 12.8. The van der Waals surface area contributed by atoms with E-state index in [0.29, 0.717) is 46.1 Å². The number of ether oxygens (including phenoxy) is 3. The van der Waals surface area contributed by atoms with E-state index in [2.05, 4.69) is 5.32 Å². The van der Waals surface area contributed by atoms with E-state index in [0.717, 1.165) is 13.0 Å². The van der Waals surface area contributed by atoms with Gasteiger partial charge in [-0.3, -0.25) is 4.79 Å². The number of hydrogen-bond acceptors (Lipinski definition) is 4. The normalized spacial score (nSPS) is 10.5. The molecule has 5 nitrogen and oxygen atoms in total.